The third kappa shape index (κ3) is 14.2. The van der Waals surface area contributed by atoms with Crippen LogP contribution in [0.5, 0.6) is 0 Å². The second kappa shape index (κ2) is 19.5. The van der Waals surface area contributed by atoms with Gasteiger partial charge in [-0.15, -0.1) is 0 Å². The van der Waals surface area contributed by atoms with Crippen molar-refractivity contribution in [3.05, 3.63) is 25.3 Å². The van der Waals surface area contributed by atoms with E-state index in [-0.39, 0.29) is 56.3 Å². The van der Waals surface area contributed by atoms with Crippen LogP contribution >= 0.6 is 0 Å². The highest BCUT2D eigenvalue weighted by atomic mass is 16.6. The average molecular weight is 613 g/mol. The summed E-state index contributed by atoms with van der Waals surface area (Å²) in [6, 6.07) is 0. The smallest absolute Gasteiger partial charge is 0.330 e. The van der Waals surface area contributed by atoms with Crippen LogP contribution in [0.15, 0.2) is 25.3 Å². The SMILES string of the molecule is C=CC(=O)OCC(O)COC(C)COC1CCC(C(C)(C)C2CCC(OCC(C)OCC(O)COC(=O)C=C)CC2)CC1. The van der Waals surface area contributed by atoms with Crippen molar-refractivity contribution in [2.24, 2.45) is 17.3 Å². The van der Waals surface area contributed by atoms with Gasteiger partial charge in [0.05, 0.1) is 50.8 Å². The van der Waals surface area contributed by atoms with Crippen molar-refractivity contribution in [2.45, 2.75) is 116 Å². The summed E-state index contributed by atoms with van der Waals surface area (Å²) < 4.78 is 33.3. The first-order valence-corrected chi connectivity index (χ1v) is 15.8. The van der Waals surface area contributed by atoms with E-state index in [2.05, 4.69) is 27.0 Å². The van der Waals surface area contributed by atoms with Gasteiger partial charge in [0.2, 0.25) is 0 Å². The fraction of sp³-hybridized carbons (Fsp3) is 0.818. The Hall–Kier alpha value is -1.82. The molecule has 2 saturated carbocycles. The lowest BCUT2D eigenvalue weighted by Gasteiger charge is -2.46. The van der Waals surface area contributed by atoms with Crippen molar-refractivity contribution in [2.75, 3.05) is 39.6 Å². The highest BCUT2D eigenvalue weighted by molar-refractivity contribution is 5.81. The van der Waals surface area contributed by atoms with Gasteiger partial charge in [0, 0.05) is 12.2 Å². The Morgan fingerprint density at radius 2 is 1.02 bits per heavy atom. The Labute approximate surface area is 258 Å². The fourth-order valence-corrected chi connectivity index (χ4v) is 6.04. The van der Waals surface area contributed by atoms with Crippen molar-refractivity contribution in [1.82, 2.24) is 0 Å². The molecule has 248 valence electrons. The van der Waals surface area contributed by atoms with Gasteiger partial charge in [-0.3, -0.25) is 0 Å². The first-order valence-electron chi connectivity index (χ1n) is 15.8. The Morgan fingerprint density at radius 3 is 1.35 bits per heavy atom. The van der Waals surface area contributed by atoms with Crippen LogP contribution in [0.2, 0.25) is 0 Å². The fourth-order valence-electron chi connectivity index (χ4n) is 6.04. The lowest BCUT2D eigenvalue weighted by Crippen LogP contribution is -2.39. The van der Waals surface area contributed by atoms with Gasteiger partial charge in [-0.05, 0) is 82.5 Å². The molecule has 0 heterocycles. The zero-order valence-corrected chi connectivity index (χ0v) is 26.7. The zero-order chi connectivity index (χ0) is 31.8. The molecule has 43 heavy (non-hydrogen) atoms. The van der Waals surface area contributed by atoms with Crippen LogP contribution in [0, 0.1) is 17.3 Å². The van der Waals surface area contributed by atoms with E-state index in [0.717, 1.165) is 63.5 Å². The Balaban J connectivity index is 1.60. The van der Waals surface area contributed by atoms with Crippen molar-refractivity contribution in [1.29, 1.82) is 0 Å². The molecule has 0 amide bonds. The van der Waals surface area contributed by atoms with E-state index in [0.29, 0.717) is 25.0 Å². The van der Waals surface area contributed by atoms with Gasteiger partial charge in [-0.2, -0.15) is 0 Å². The normalized spacial score (nSPS) is 25.6. The molecule has 2 N–H and O–H groups in total. The van der Waals surface area contributed by atoms with Crippen LogP contribution in [0.4, 0.5) is 0 Å². The molecular weight excluding hydrogens is 556 g/mol. The van der Waals surface area contributed by atoms with Gasteiger partial charge in [-0.25, -0.2) is 9.59 Å². The average Bonchev–Trinajstić information content (AvgIpc) is 3.02. The third-order valence-corrected chi connectivity index (χ3v) is 8.90. The molecular formula is C33H56O10. The summed E-state index contributed by atoms with van der Waals surface area (Å²) in [7, 11) is 0. The van der Waals surface area contributed by atoms with Crippen molar-refractivity contribution in [3.8, 4) is 0 Å². The second-order valence-corrected chi connectivity index (χ2v) is 12.7. The monoisotopic (exact) mass is 612 g/mol. The molecule has 10 nitrogen and oxygen atoms in total. The van der Waals surface area contributed by atoms with Crippen molar-refractivity contribution < 1.29 is 48.2 Å². The first kappa shape index (κ1) is 37.4. The van der Waals surface area contributed by atoms with E-state index in [1.165, 1.54) is 0 Å². The Bertz CT molecular complexity index is 764. The molecule has 0 spiro atoms. The summed E-state index contributed by atoms with van der Waals surface area (Å²) in [5.41, 5.74) is 0.263. The number of aliphatic hydroxyl groups excluding tert-OH is 2. The van der Waals surface area contributed by atoms with Gasteiger partial charge < -0.3 is 38.6 Å². The van der Waals surface area contributed by atoms with Crippen LogP contribution in [0.1, 0.15) is 79.1 Å². The molecule has 0 aromatic rings. The van der Waals surface area contributed by atoms with Crippen LogP contribution in [0.25, 0.3) is 0 Å². The maximum Gasteiger partial charge on any atom is 0.330 e. The molecule has 2 rings (SSSR count). The van der Waals surface area contributed by atoms with Gasteiger partial charge in [0.1, 0.15) is 25.4 Å². The summed E-state index contributed by atoms with van der Waals surface area (Å²) in [5, 5.41) is 19.8. The Morgan fingerprint density at radius 1 is 0.674 bits per heavy atom. The van der Waals surface area contributed by atoms with Gasteiger partial charge >= 0.3 is 11.9 Å². The molecule has 2 aliphatic carbocycles. The number of rotatable bonds is 20. The maximum atomic E-state index is 11.1. The minimum Gasteiger partial charge on any atom is -0.460 e. The molecule has 2 fully saturated rings. The lowest BCUT2D eigenvalue weighted by molar-refractivity contribution is -0.143. The summed E-state index contributed by atoms with van der Waals surface area (Å²) in [6.07, 6.45) is 9.31. The zero-order valence-electron chi connectivity index (χ0n) is 26.7. The molecule has 4 unspecified atom stereocenters. The standard InChI is InChI=1S/C33H56O10/c1-7-31(36)42-21-27(34)19-38-23(3)17-40-29-13-9-25(10-14-29)33(5,6)26-11-15-30(16-12-26)41-18-24(4)39-20-28(35)22-43-32(37)8-2/h7-8,23-30,34-35H,1-2,9-22H2,3-6H3. The largest absolute Gasteiger partial charge is 0.460 e. The van der Waals surface area contributed by atoms with Crippen molar-refractivity contribution in [3.63, 3.8) is 0 Å². The van der Waals surface area contributed by atoms with Crippen LogP contribution in [-0.4, -0.2) is 98.4 Å². The molecule has 0 radical (unpaired) electrons. The van der Waals surface area contributed by atoms with E-state index >= 15 is 0 Å². The van der Waals surface area contributed by atoms with Gasteiger partial charge in [0.15, 0.2) is 0 Å². The van der Waals surface area contributed by atoms with E-state index in [9.17, 15) is 19.8 Å². The Kier molecular flexibility index (Phi) is 17.0. The predicted octanol–water partition coefficient (Wildman–Crippen LogP) is 4.15. The molecule has 10 heteroatoms. The van der Waals surface area contributed by atoms with Gasteiger partial charge in [0.25, 0.3) is 0 Å². The summed E-state index contributed by atoms with van der Waals surface area (Å²) in [4.78, 5) is 22.2. The molecule has 2 aliphatic rings. The minimum absolute atomic E-state index is 0.0801. The third-order valence-electron chi connectivity index (χ3n) is 8.90. The lowest BCUT2D eigenvalue weighted by atomic mass is 9.60. The van der Waals surface area contributed by atoms with Crippen LogP contribution in [0.3, 0.4) is 0 Å². The van der Waals surface area contributed by atoms with Crippen molar-refractivity contribution >= 4 is 11.9 Å². The molecule has 0 aromatic carbocycles. The van der Waals surface area contributed by atoms with E-state index in [1.54, 1.807) is 0 Å². The molecule has 0 saturated heterocycles. The number of esters is 2. The minimum atomic E-state index is -0.878. The highest BCUT2D eigenvalue weighted by Gasteiger charge is 2.40. The maximum absolute atomic E-state index is 11.1. The van der Waals surface area contributed by atoms with E-state index in [4.69, 9.17) is 28.4 Å². The number of hydrogen-bond donors (Lipinski definition) is 2. The summed E-state index contributed by atoms with van der Waals surface area (Å²) in [6.45, 7) is 16.2. The quantitative estimate of drug-likeness (QED) is 0.153. The van der Waals surface area contributed by atoms with E-state index < -0.39 is 24.1 Å². The van der Waals surface area contributed by atoms with Crippen LogP contribution in [-0.2, 0) is 38.0 Å². The molecule has 0 bridgehead atoms. The van der Waals surface area contributed by atoms with E-state index in [1.807, 2.05) is 13.8 Å². The number of ether oxygens (including phenoxy) is 6. The topological polar surface area (TPSA) is 130 Å². The number of aliphatic hydroxyl groups is 2. The molecule has 0 aliphatic heterocycles. The highest BCUT2D eigenvalue weighted by Crippen LogP contribution is 2.48. The number of carbonyl (C=O) groups is 2. The summed E-state index contributed by atoms with van der Waals surface area (Å²) in [5.74, 6) is 0.209. The number of carbonyl (C=O) groups excluding carboxylic acids is 2. The molecule has 4 atom stereocenters. The summed E-state index contributed by atoms with van der Waals surface area (Å²) >= 11 is 0. The first-order chi connectivity index (χ1) is 20.4. The second-order valence-electron chi connectivity index (χ2n) is 12.7. The predicted molar refractivity (Wildman–Crippen MR) is 162 cm³/mol. The van der Waals surface area contributed by atoms with Gasteiger partial charge in [-0.1, -0.05) is 27.0 Å². The molecule has 0 aromatic heterocycles. The van der Waals surface area contributed by atoms with Crippen LogP contribution < -0.4 is 0 Å². The number of hydrogen-bond acceptors (Lipinski definition) is 10.